The first-order valence-electron chi connectivity index (χ1n) is 7.69. The third-order valence-electron chi connectivity index (χ3n) is 3.94. The number of ether oxygens (including phenoxy) is 1. The van der Waals surface area contributed by atoms with Gasteiger partial charge in [-0.25, -0.2) is 0 Å². The lowest BCUT2D eigenvalue weighted by Crippen LogP contribution is -2.39. The van der Waals surface area contributed by atoms with Gasteiger partial charge in [-0.05, 0) is 43.5 Å². The lowest BCUT2D eigenvalue weighted by atomic mass is 9.85. The van der Waals surface area contributed by atoms with Gasteiger partial charge in [0, 0.05) is 12.0 Å². The van der Waals surface area contributed by atoms with E-state index in [0.717, 1.165) is 31.4 Å². The minimum atomic E-state index is -4.35. The van der Waals surface area contributed by atoms with E-state index >= 15 is 0 Å². The van der Waals surface area contributed by atoms with Crippen molar-refractivity contribution in [2.24, 2.45) is 11.7 Å². The van der Waals surface area contributed by atoms with Gasteiger partial charge in [-0.15, -0.1) is 0 Å². The molecule has 0 aromatic heterocycles. The molecule has 1 fully saturated rings. The van der Waals surface area contributed by atoms with Gasteiger partial charge < -0.3 is 15.8 Å². The zero-order chi connectivity index (χ0) is 16.9. The summed E-state index contributed by atoms with van der Waals surface area (Å²) in [4.78, 5) is 12.0. The van der Waals surface area contributed by atoms with Gasteiger partial charge in [0.25, 0.3) is 0 Å². The highest BCUT2D eigenvalue weighted by Gasteiger charge is 2.30. The molecular formula is C16H21F3N2O2. The predicted molar refractivity (Wildman–Crippen MR) is 79.9 cm³/mol. The molecule has 0 saturated heterocycles. The van der Waals surface area contributed by atoms with Crippen LogP contribution in [-0.4, -0.2) is 25.1 Å². The molecule has 0 spiro atoms. The molecule has 2 atom stereocenters. The molecule has 1 aliphatic rings. The summed E-state index contributed by atoms with van der Waals surface area (Å²) >= 11 is 0. The van der Waals surface area contributed by atoms with Crippen LogP contribution in [-0.2, 0) is 11.0 Å². The van der Waals surface area contributed by atoms with Crippen molar-refractivity contribution < 1.29 is 22.7 Å². The van der Waals surface area contributed by atoms with Gasteiger partial charge in [0.15, 0.2) is 0 Å². The molecule has 2 rings (SSSR count). The van der Waals surface area contributed by atoms with Crippen molar-refractivity contribution in [3.63, 3.8) is 0 Å². The van der Waals surface area contributed by atoms with Crippen LogP contribution >= 0.6 is 0 Å². The number of rotatable bonds is 5. The fraction of sp³-hybridized carbons (Fsp3) is 0.562. The Morgan fingerprint density at radius 2 is 1.96 bits per heavy atom. The van der Waals surface area contributed by atoms with Gasteiger partial charge in [-0.1, -0.05) is 6.42 Å². The van der Waals surface area contributed by atoms with Crippen LogP contribution in [0.5, 0.6) is 5.75 Å². The second-order valence-corrected chi connectivity index (χ2v) is 5.79. The van der Waals surface area contributed by atoms with Gasteiger partial charge in [0.05, 0.1) is 12.1 Å². The standard InChI is InChI=1S/C16H21F3N2O2/c17-16(18,19)12-4-6-14(7-5-12)23-9-8-21-15(22)11-2-1-3-13(20)10-11/h4-7,11,13H,1-3,8-10,20H2,(H,21,22). The monoisotopic (exact) mass is 330 g/mol. The number of halogens is 3. The Balaban J connectivity index is 1.70. The topological polar surface area (TPSA) is 64.4 Å². The molecular weight excluding hydrogens is 309 g/mol. The minimum absolute atomic E-state index is 0.0313. The summed E-state index contributed by atoms with van der Waals surface area (Å²) in [6, 6.07) is 4.56. The summed E-state index contributed by atoms with van der Waals surface area (Å²) in [5.41, 5.74) is 5.14. The van der Waals surface area contributed by atoms with E-state index in [1.54, 1.807) is 0 Å². The Bertz CT molecular complexity index is 517. The molecule has 128 valence electrons. The van der Waals surface area contributed by atoms with E-state index in [9.17, 15) is 18.0 Å². The number of hydrogen-bond acceptors (Lipinski definition) is 3. The van der Waals surface area contributed by atoms with Crippen LogP contribution in [0.3, 0.4) is 0 Å². The first-order valence-corrected chi connectivity index (χ1v) is 7.69. The summed E-state index contributed by atoms with van der Waals surface area (Å²) in [5, 5.41) is 2.78. The van der Waals surface area contributed by atoms with Crippen LogP contribution in [0, 0.1) is 5.92 Å². The van der Waals surface area contributed by atoms with Gasteiger partial charge >= 0.3 is 6.18 Å². The summed E-state index contributed by atoms with van der Waals surface area (Å²) in [7, 11) is 0. The summed E-state index contributed by atoms with van der Waals surface area (Å²) < 4.78 is 42.6. The average Bonchev–Trinajstić information content (AvgIpc) is 2.51. The smallest absolute Gasteiger partial charge is 0.416 e. The highest BCUT2D eigenvalue weighted by atomic mass is 19.4. The molecule has 0 aliphatic heterocycles. The fourth-order valence-electron chi connectivity index (χ4n) is 2.69. The first kappa shape index (κ1) is 17.6. The van der Waals surface area contributed by atoms with Crippen LogP contribution in [0.4, 0.5) is 13.2 Å². The van der Waals surface area contributed by atoms with Crippen molar-refractivity contribution >= 4 is 5.91 Å². The highest BCUT2D eigenvalue weighted by Crippen LogP contribution is 2.30. The van der Waals surface area contributed by atoms with E-state index in [0.29, 0.717) is 18.7 Å². The SMILES string of the molecule is NC1CCCC(C(=O)NCCOc2ccc(C(F)(F)F)cc2)C1. The van der Waals surface area contributed by atoms with E-state index in [1.807, 2.05) is 0 Å². The van der Waals surface area contributed by atoms with E-state index in [1.165, 1.54) is 12.1 Å². The lowest BCUT2D eigenvalue weighted by Gasteiger charge is -2.25. The normalized spacial score (nSPS) is 21.7. The number of hydrogen-bond donors (Lipinski definition) is 2. The Kier molecular flexibility index (Phi) is 5.87. The summed E-state index contributed by atoms with van der Waals surface area (Å²) in [5.74, 6) is 0.257. The largest absolute Gasteiger partial charge is 0.492 e. The molecule has 23 heavy (non-hydrogen) atoms. The number of carbonyl (C=O) groups is 1. The zero-order valence-electron chi connectivity index (χ0n) is 12.7. The van der Waals surface area contributed by atoms with Crippen LogP contribution < -0.4 is 15.8 Å². The van der Waals surface area contributed by atoms with Gasteiger partial charge in [0.2, 0.25) is 5.91 Å². The van der Waals surface area contributed by atoms with E-state index in [-0.39, 0.29) is 24.5 Å². The maximum Gasteiger partial charge on any atom is 0.416 e. The van der Waals surface area contributed by atoms with Crippen molar-refractivity contribution in [2.45, 2.75) is 37.9 Å². The summed E-state index contributed by atoms with van der Waals surface area (Å²) in [6.45, 7) is 0.515. The lowest BCUT2D eigenvalue weighted by molar-refractivity contribution is -0.137. The molecule has 4 nitrogen and oxygen atoms in total. The average molecular weight is 330 g/mol. The quantitative estimate of drug-likeness (QED) is 0.816. The number of carbonyl (C=O) groups excluding carboxylic acids is 1. The second-order valence-electron chi connectivity index (χ2n) is 5.79. The maximum atomic E-state index is 12.4. The number of benzene rings is 1. The number of nitrogens with two attached hydrogens (primary N) is 1. The molecule has 7 heteroatoms. The molecule has 0 radical (unpaired) electrons. The Morgan fingerprint density at radius 3 is 2.57 bits per heavy atom. The number of amides is 1. The van der Waals surface area contributed by atoms with Crippen molar-refractivity contribution in [1.82, 2.24) is 5.32 Å². The van der Waals surface area contributed by atoms with Crippen molar-refractivity contribution in [3.8, 4) is 5.75 Å². The van der Waals surface area contributed by atoms with Crippen LogP contribution in [0.15, 0.2) is 24.3 Å². The molecule has 1 amide bonds. The maximum absolute atomic E-state index is 12.4. The minimum Gasteiger partial charge on any atom is -0.492 e. The van der Waals surface area contributed by atoms with E-state index in [4.69, 9.17) is 10.5 Å². The van der Waals surface area contributed by atoms with E-state index in [2.05, 4.69) is 5.32 Å². The number of nitrogens with one attached hydrogen (secondary N) is 1. The molecule has 1 aromatic carbocycles. The second kappa shape index (κ2) is 7.68. The van der Waals surface area contributed by atoms with Crippen LogP contribution in [0.1, 0.15) is 31.2 Å². The predicted octanol–water partition coefficient (Wildman–Crippen LogP) is 2.72. The molecule has 0 bridgehead atoms. The first-order chi connectivity index (χ1) is 10.9. The van der Waals surface area contributed by atoms with Crippen molar-refractivity contribution in [1.29, 1.82) is 0 Å². The van der Waals surface area contributed by atoms with E-state index < -0.39 is 11.7 Å². The van der Waals surface area contributed by atoms with Crippen LogP contribution in [0.25, 0.3) is 0 Å². The molecule has 3 N–H and O–H groups in total. The Labute approximate surface area is 133 Å². The van der Waals surface area contributed by atoms with Crippen molar-refractivity contribution in [3.05, 3.63) is 29.8 Å². The molecule has 0 heterocycles. The number of alkyl halides is 3. The van der Waals surface area contributed by atoms with Crippen molar-refractivity contribution in [2.75, 3.05) is 13.2 Å². The van der Waals surface area contributed by atoms with Gasteiger partial charge in [-0.3, -0.25) is 4.79 Å². The third kappa shape index (κ3) is 5.42. The molecule has 1 aliphatic carbocycles. The Morgan fingerprint density at radius 1 is 1.26 bits per heavy atom. The van der Waals surface area contributed by atoms with Crippen LogP contribution in [0.2, 0.25) is 0 Å². The summed E-state index contributed by atoms with van der Waals surface area (Å²) in [6.07, 6.45) is -0.889. The molecule has 1 aromatic rings. The highest BCUT2D eigenvalue weighted by molar-refractivity contribution is 5.78. The van der Waals surface area contributed by atoms with Gasteiger partial charge in [0.1, 0.15) is 12.4 Å². The fourth-order valence-corrected chi connectivity index (χ4v) is 2.69. The Hall–Kier alpha value is -1.76. The van der Waals surface area contributed by atoms with Gasteiger partial charge in [-0.2, -0.15) is 13.2 Å². The zero-order valence-corrected chi connectivity index (χ0v) is 12.7. The molecule has 2 unspecified atom stereocenters. The third-order valence-corrected chi connectivity index (χ3v) is 3.94. The molecule has 1 saturated carbocycles.